The van der Waals surface area contributed by atoms with Gasteiger partial charge in [-0.3, -0.25) is 10.1 Å². The van der Waals surface area contributed by atoms with Crippen LogP contribution in [0.3, 0.4) is 0 Å². The van der Waals surface area contributed by atoms with Gasteiger partial charge in [-0.05, 0) is 40.1 Å². The molecule has 0 aliphatic rings. The number of non-ortho nitro benzene ring substituents is 1. The number of nitro groups is 1. The van der Waals surface area contributed by atoms with Crippen LogP contribution in [0, 0.1) is 10.1 Å². The SMILES string of the molecule is O=[N+]([O-])c1c2ccccc2cc2c(-c3ccccc3)cccc12.OB(O)O. The molecule has 0 fully saturated rings. The van der Waals surface area contributed by atoms with E-state index in [0.29, 0.717) is 10.8 Å². The smallest absolute Gasteiger partial charge is 0.402 e. The van der Waals surface area contributed by atoms with E-state index in [9.17, 15) is 10.1 Å². The zero-order valence-electron chi connectivity index (χ0n) is 14.2. The van der Waals surface area contributed by atoms with Crippen molar-refractivity contribution in [2.75, 3.05) is 0 Å². The van der Waals surface area contributed by atoms with Gasteiger partial charge in [0.2, 0.25) is 0 Å². The summed E-state index contributed by atoms with van der Waals surface area (Å²) in [7, 11) is -2.17. The molecule has 0 saturated carbocycles. The predicted octanol–water partition coefficient (Wildman–Crippen LogP) is 3.52. The van der Waals surface area contributed by atoms with E-state index < -0.39 is 7.32 Å². The first-order valence-corrected chi connectivity index (χ1v) is 8.17. The molecule has 0 aromatic heterocycles. The van der Waals surface area contributed by atoms with E-state index in [0.717, 1.165) is 21.9 Å². The third kappa shape index (κ3) is 3.96. The molecule has 27 heavy (non-hydrogen) atoms. The van der Waals surface area contributed by atoms with Gasteiger partial charge in [0, 0.05) is 0 Å². The molecule has 0 heterocycles. The number of hydrogen-bond acceptors (Lipinski definition) is 5. The molecule has 6 nitrogen and oxygen atoms in total. The Morgan fingerprint density at radius 3 is 2.00 bits per heavy atom. The minimum atomic E-state index is -2.17. The predicted molar refractivity (Wildman–Crippen MR) is 106 cm³/mol. The number of benzene rings is 4. The van der Waals surface area contributed by atoms with Crippen LogP contribution in [0.2, 0.25) is 0 Å². The molecule has 0 unspecified atom stereocenters. The lowest BCUT2D eigenvalue weighted by molar-refractivity contribution is -0.381. The second kappa shape index (κ2) is 7.97. The van der Waals surface area contributed by atoms with Crippen LogP contribution in [0.25, 0.3) is 32.7 Å². The summed E-state index contributed by atoms with van der Waals surface area (Å²) < 4.78 is 0. The van der Waals surface area contributed by atoms with Gasteiger partial charge in [0.15, 0.2) is 0 Å². The summed E-state index contributed by atoms with van der Waals surface area (Å²) in [6.45, 7) is 0. The van der Waals surface area contributed by atoms with Crippen LogP contribution in [-0.4, -0.2) is 27.3 Å². The molecular weight excluding hydrogens is 345 g/mol. The van der Waals surface area contributed by atoms with Crippen molar-refractivity contribution in [1.82, 2.24) is 0 Å². The third-order valence-corrected chi connectivity index (χ3v) is 4.14. The van der Waals surface area contributed by atoms with Crippen LogP contribution in [0.4, 0.5) is 5.69 Å². The lowest BCUT2D eigenvalue weighted by Gasteiger charge is -2.10. The summed E-state index contributed by atoms with van der Waals surface area (Å²) >= 11 is 0. The normalized spacial score (nSPS) is 10.3. The molecule has 7 heteroatoms. The van der Waals surface area contributed by atoms with E-state index in [1.165, 1.54) is 0 Å². The van der Waals surface area contributed by atoms with E-state index in [-0.39, 0.29) is 10.6 Å². The fourth-order valence-electron chi connectivity index (χ4n) is 3.13. The standard InChI is InChI=1S/C20H13NO2.BH3O3/c22-21(23)20-17-10-5-4-9-15(17)13-19-16(11-6-12-18(19)20)14-7-2-1-3-8-14;2-1(3)4/h1-13H;2-4H. The highest BCUT2D eigenvalue weighted by Crippen LogP contribution is 2.38. The molecule has 0 bridgehead atoms. The van der Waals surface area contributed by atoms with Crippen LogP contribution in [0.15, 0.2) is 78.9 Å². The summed E-state index contributed by atoms with van der Waals surface area (Å²) in [5.74, 6) is 0. The topological polar surface area (TPSA) is 104 Å². The molecule has 0 aliphatic heterocycles. The van der Waals surface area contributed by atoms with Gasteiger partial charge in [-0.15, -0.1) is 0 Å². The molecule has 0 saturated heterocycles. The van der Waals surface area contributed by atoms with Crippen LogP contribution in [0.1, 0.15) is 0 Å². The fraction of sp³-hybridized carbons (Fsp3) is 0. The number of nitrogens with zero attached hydrogens (tertiary/aromatic N) is 1. The summed E-state index contributed by atoms with van der Waals surface area (Å²) in [4.78, 5) is 11.4. The Kier molecular flexibility index (Phi) is 5.47. The first kappa shape index (κ1) is 18.5. The largest absolute Gasteiger partial charge is 0.631 e. The van der Waals surface area contributed by atoms with Gasteiger partial charge < -0.3 is 15.1 Å². The Balaban J connectivity index is 0.000000481. The van der Waals surface area contributed by atoms with Crippen molar-refractivity contribution in [3.05, 3.63) is 89.0 Å². The Morgan fingerprint density at radius 1 is 0.741 bits per heavy atom. The first-order chi connectivity index (χ1) is 13.0. The Morgan fingerprint density at radius 2 is 1.33 bits per heavy atom. The second-order valence-electron chi connectivity index (χ2n) is 5.82. The van der Waals surface area contributed by atoms with Gasteiger partial charge in [0.25, 0.3) is 5.69 Å². The van der Waals surface area contributed by atoms with Gasteiger partial charge >= 0.3 is 7.32 Å². The molecule has 0 amide bonds. The van der Waals surface area contributed by atoms with Crippen LogP contribution < -0.4 is 0 Å². The highest BCUT2D eigenvalue weighted by Gasteiger charge is 2.18. The lowest BCUT2D eigenvalue weighted by Crippen LogP contribution is -2.07. The van der Waals surface area contributed by atoms with Crippen molar-refractivity contribution in [3.63, 3.8) is 0 Å². The van der Waals surface area contributed by atoms with Gasteiger partial charge in [-0.2, -0.15) is 0 Å². The Hall–Kier alpha value is -3.26. The van der Waals surface area contributed by atoms with E-state index in [1.807, 2.05) is 78.9 Å². The molecule has 0 aliphatic carbocycles. The van der Waals surface area contributed by atoms with Crippen LogP contribution >= 0.6 is 0 Å². The van der Waals surface area contributed by atoms with Crippen molar-refractivity contribution in [2.24, 2.45) is 0 Å². The zero-order chi connectivity index (χ0) is 19.4. The molecule has 0 radical (unpaired) electrons. The maximum Gasteiger partial charge on any atom is 0.631 e. The number of nitro benzene ring substituents is 1. The van der Waals surface area contributed by atoms with E-state index >= 15 is 0 Å². The number of fused-ring (bicyclic) bond motifs is 2. The molecule has 4 aromatic rings. The molecule has 3 N–H and O–H groups in total. The zero-order valence-corrected chi connectivity index (χ0v) is 14.2. The Bertz CT molecular complexity index is 1100. The Labute approximate surface area is 155 Å². The minimum Gasteiger partial charge on any atom is -0.402 e. The average molecular weight is 361 g/mol. The summed E-state index contributed by atoms with van der Waals surface area (Å²) in [5, 5.41) is 36.3. The number of rotatable bonds is 2. The van der Waals surface area contributed by atoms with E-state index in [1.54, 1.807) is 0 Å². The summed E-state index contributed by atoms with van der Waals surface area (Å²) in [5.41, 5.74) is 2.25. The number of hydrogen-bond donors (Lipinski definition) is 3. The third-order valence-electron chi connectivity index (χ3n) is 4.14. The van der Waals surface area contributed by atoms with E-state index in [2.05, 4.69) is 0 Å². The maximum atomic E-state index is 11.7. The molecule has 134 valence electrons. The van der Waals surface area contributed by atoms with Gasteiger partial charge in [0.05, 0.1) is 15.7 Å². The quantitative estimate of drug-likeness (QED) is 0.219. The minimum absolute atomic E-state index is 0.177. The monoisotopic (exact) mass is 361 g/mol. The maximum absolute atomic E-state index is 11.7. The van der Waals surface area contributed by atoms with Crippen molar-refractivity contribution < 1.29 is 20.0 Å². The molecule has 0 atom stereocenters. The van der Waals surface area contributed by atoms with Gasteiger partial charge in [0.1, 0.15) is 0 Å². The van der Waals surface area contributed by atoms with E-state index in [4.69, 9.17) is 15.1 Å². The van der Waals surface area contributed by atoms with Crippen LogP contribution in [0.5, 0.6) is 0 Å². The lowest BCUT2D eigenvalue weighted by atomic mass is 9.94. The average Bonchev–Trinajstić information content (AvgIpc) is 2.65. The van der Waals surface area contributed by atoms with Gasteiger partial charge in [-0.25, -0.2) is 0 Å². The summed E-state index contributed by atoms with van der Waals surface area (Å²) in [6, 6.07) is 25.2. The molecular formula is C20H16BNO5. The van der Waals surface area contributed by atoms with Crippen molar-refractivity contribution in [2.45, 2.75) is 0 Å². The molecule has 4 aromatic carbocycles. The van der Waals surface area contributed by atoms with Crippen LogP contribution in [-0.2, 0) is 0 Å². The fourth-order valence-corrected chi connectivity index (χ4v) is 3.13. The molecule has 0 spiro atoms. The van der Waals surface area contributed by atoms with Crippen molar-refractivity contribution >= 4 is 34.6 Å². The van der Waals surface area contributed by atoms with Gasteiger partial charge in [-0.1, -0.05) is 60.7 Å². The summed E-state index contributed by atoms with van der Waals surface area (Å²) in [6.07, 6.45) is 0. The van der Waals surface area contributed by atoms with Crippen molar-refractivity contribution in [1.29, 1.82) is 0 Å². The molecule has 4 rings (SSSR count). The second-order valence-corrected chi connectivity index (χ2v) is 5.82. The highest BCUT2D eigenvalue weighted by atomic mass is 16.6. The first-order valence-electron chi connectivity index (χ1n) is 8.17. The van der Waals surface area contributed by atoms with Crippen molar-refractivity contribution in [3.8, 4) is 11.1 Å². The highest BCUT2D eigenvalue weighted by molar-refractivity contribution is 6.30.